The Morgan fingerprint density at radius 3 is 2.75 bits per heavy atom. The van der Waals surface area contributed by atoms with Crippen LogP contribution in [0.1, 0.15) is 23.0 Å². The molecule has 108 valence electrons. The van der Waals surface area contributed by atoms with Crippen LogP contribution in [0.3, 0.4) is 0 Å². The lowest BCUT2D eigenvalue weighted by Gasteiger charge is -2.04. The fourth-order valence-electron chi connectivity index (χ4n) is 1.31. The molecule has 0 fully saturated rings. The molecule has 20 heavy (non-hydrogen) atoms. The summed E-state index contributed by atoms with van der Waals surface area (Å²) in [6, 6.07) is 3.19. The Morgan fingerprint density at radius 2 is 2.20 bits per heavy atom. The first kappa shape index (κ1) is 16.1. The lowest BCUT2D eigenvalue weighted by atomic mass is 10.2. The molecule has 0 spiro atoms. The number of aromatic nitrogens is 1. The Morgan fingerprint density at radius 1 is 1.45 bits per heavy atom. The van der Waals surface area contributed by atoms with Crippen molar-refractivity contribution in [1.82, 2.24) is 10.3 Å². The highest BCUT2D eigenvalue weighted by molar-refractivity contribution is 7.91. The third-order valence-corrected chi connectivity index (χ3v) is 4.18. The summed E-state index contributed by atoms with van der Waals surface area (Å²) in [4.78, 5) is 15.7. The number of pyridine rings is 1. The van der Waals surface area contributed by atoms with E-state index in [0.29, 0.717) is 5.56 Å². The number of rotatable bonds is 5. The first-order valence-corrected chi connectivity index (χ1v) is 7.94. The van der Waals surface area contributed by atoms with E-state index in [1.54, 1.807) is 13.0 Å². The molecule has 1 heterocycles. The van der Waals surface area contributed by atoms with Gasteiger partial charge in [0, 0.05) is 24.1 Å². The van der Waals surface area contributed by atoms with Gasteiger partial charge < -0.3 is 11.1 Å². The number of hydrogen-bond acceptors (Lipinski definition) is 5. The monoisotopic (exact) mass is 295 g/mol. The Bertz CT molecular complexity index is 613. The summed E-state index contributed by atoms with van der Waals surface area (Å²) in [7, 11) is -3.08. The molecule has 0 unspecified atom stereocenters. The predicted molar refractivity (Wildman–Crippen MR) is 76.8 cm³/mol. The molecule has 0 saturated heterocycles. The average Bonchev–Trinajstić information content (AvgIpc) is 2.45. The summed E-state index contributed by atoms with van der Waals surface area (Å²) < 4.78 is 22.5. The number of nitrogens with zero attached hydrogens (tertiary/aromatic N) is 1. The number of sulfone groups is 1. The zero-order valence-electron chi connectivity index (χ0n) is 11.2. The zero-order valence-corrected chi connectivity index (χ0v) is 12.0. The van der Waals surface area contributed by atoms with E-state index >= 15 is 0 Å². The second kappa shape index (κ2) is 7.62. The fraction of sp³-hybridized carbons (Fsp3) is 0.385. The molecule has 1 amide bonds. The standard InChI is InChI=1S/C13H17N3O3S/c1-2-20(18,19)9-8-15-13(17)12-6-5-11(10-16-12)4-3-7-14/h5-6,10H,2,7-9,14H2,1H3,(H,15,17). The van der Waals surface area contributed by atoms with Crippen molar-refractivity contribution in [3.8, 4) is 11.8 Å². The van der Waals surface area contributed by atoms with E-state index in [0.717, 1.165) is 0 Å². The number of amides is 1. The maximum atomic E-state index is 11.7. The summed E-state index contributed by atoms with van der Waals surface area (Å²) in [5.74, 6) is 5.06. The Hall–Kier alpha value is -1.91. The van der Waals surface area contributed by atoms with Crippen LogP contribution in [0, 0.1) is 11.8 Å². The van der Waals surface area contributed by atoms with Crippen LogP contribution in [-0.4, -0.2) is 43.9 Å². The van der Waals surface area contributed by atoms with Crippen molar-refractivity contribution in [2.24, 2.45) is 5.73 Å². The molecule has 1 rings (SSSR count). The molecule has 0 bridgehead atoms. The van der Waals surface area contributed by atoms with Crippen LogP contribution in [0.4, 0.5) is 0 Å². The molecule has 0 atom stereocenters. The highest BCUT2D eigenvalue weighted by atomic mass is 32.2. The van der Waals surface area contributed by atoms with Gasteiger partial charge >= 0.3 is 0 Å². The van der Waals surface area contributed by atoms with Crippen LogP contribution in [0.25, 0.3) is 0 Å². The molecule has 0 aliphatic rings. The summed E-state index contributed by atoms with van der Waals surface area (Å²) in [6.07, 6.45) is 1.47. The van der Waals surface area contributed by atoms with Gasteiger partial charge in [-0.25, -0.2) is 13.4 Å². The van der Waals surface area contributed by atoms with Crippen molar-refractivity contribution < 1.29 is 13.2 Å². The van der Waals surface area contributed by atoms with Crippen LogP contribution in [-0.2, 0) is 9.84 Å². The minimum absolute atomic E-state index is 0.0651. The quantitative estimate of drug-likeness (QED) is 0.717. The van der Waals surface area contributed by atoms with E-state index in [1.807, 2.05) is 0 Å². The number of carbonyl (C=O) groups is 1. The van der Waals surface area contributed by atoms with Gasteiger partial charge in [-0.05, 0) is 12.1 Å². The summed E-state index contributed by atoms with van der Waals surface area (Å²) >= 11 is 0. The van der Waals surface area contributed by atoms with Gasteiger partial charge in [0.2, 0.25) is 0 Å². The maximum absolute atomic E-state index is 11.7. The van der Waals surface area contributed by atoms with Gasteiger partial charge in [-0.3, -0.25) is 4.79 Å². The number of nitrogens with one attached hydrogen (secondary N) is 1. The molecule has 0 radical (unpaired) electrons. The van der Waals surface area contributed by atoms with Crippen molar-refractivity contribution in [2.75, 3.05) is 24.6 Å². The van der Waals surface area contributed by atoms with Gasteiger partial charge in [0.05, 0.1) is 12.3 Å². The van der Waals surface area contributed by atoms with Gasteiger partial charge in [-0.2, -0.15) is 0 Å². The molecular formula is C13H17N3O3S. The Balaban J connectivity index is 2.56. The second-order valence-corrected chi connectivity index (χ2v) is 6.40. The van der Waals surface area contributed by atoms with E-state index in [-0.39, 0.29) is 30.3 Å². The van der Waals surface area contributed by atoms with Crippen LogP contribution >= 0.6 is 0 Å². The third-order valence-electron chi connectivity index (χ3n) is 2.47. The third kappa shape index (κ3) is 5.38. The smallest absolute Gasteiger partial charge is 0.269 e. The minimum atomic E-state index is -3.08. The molecule has 7 heteroatoms. The van der Waals surface area contributed by atoms with Crippen molar-refractivity contribution in [3.05, 3.63) is 29.6 Å². The molecule has 1 aromatic heterocycles. The Labute approximate surface area is 118 Å². The molecular weight excluding hydrogens is 278 g/mol. The highest BCUT2D eigenvalue weighted by Gasteiger charge is 2.10. The highest BCUT2D eigenvalue weighted by Crippen LogP contribution is 1.99. The van der Waals surface area contributed by atoms with Crippen LogP contribution in [0.2, 0.25) is 0 Å². The molecule has 1 aromatic rings. The van der Waals surface area contributed by atoms with Gasteiger partial charge in [0.1, 0.15) is 5.69 Å². The van der Waals surface area contributed by atoms with Gasteiger partial charge in [-0.15, -0.1) is 0 Å². The summed E-state index contributed by atoms with van der Waals surface area (Å²) in [6.45, 7) is 1.90. The van der Waals surface area contributed by atoms with Crippen molar-refractivity contribution in [3.63, 3.8) is 0 Å². The number of carbonyl (C=O) groups excluding carboxylic acids is 1. The van der Waals surface area contributed by atoms with E-state index in [9.17, 15) is 13.2 Å². The van der Waals surface area contributed by atoms with Crippen molar-refractivity contribution in [2.45, 2.75) is 6.92 Å². The van der Waals surface area contributed by atoms with Gasteiger partial charge in [0.25, 0.3) is 5.91 Å². The minimum Gasteiger partial charge on any atom is -0.350 e. The SMILES string of the molecule is CCS(=O)(=O)CCNC(=O)c1ccc(C#CCN)cn1. The molecule has 0 aliphatic heterocycles. The van der Waals surface area contributed by atoms with E-state index < -0.39 is 15.7 Å². The van der Waals surface area contributed by atoms with Crippen molar-refractivity contribution in [1.29, 1.82) is 0 Å². The zero-order chi connectivity index (χ0) is 15.0. The molecule has 3 N–H and O–H groups in total. The summed E-state index contributed by atoms with van der Waals surface area (Å²) in [5.41, 5.74) is 6.14. The first-order valence-electron chi connectivity index (χ1n) is 6.12. The first-order chi connectivity index (χ1) is 9.48. The lowest BCUT2D eigenvalue weighted by molar-refractivity contribution is 0.0951. The number of nitrogens with two attached hydrogens (primary N) is 1. The molecule has 6 nitrogen and oxygen atoms in total. The largest absolute Gasteiger partial charge is 0.350 e. The summed E-state index contributed by atoms with van der Waals surface area (Å²) in [5, 5.41) is 2.52. The van der Waals surface area contributed by atoms with E-state index in [4.69, 9.17) is 5.73 Å². The predicted octanol–water partition coefficient (Wildman–Crippen LogP) is -0.444. The van der Waals surface area contributed by atoms with Crippen molar-refractivity contribution >= 4 is 15.7 Å². The van der Waals surface area contributed by atoms with Crippen LogP contribution < -0.4 is 11.1 Å². The van der Waals surface area contributed by atoms with E-state index in [2.05, 4.69) is 22.1 Å². The van der Waals surface area contributed by atoms with Crippen LogP contribution in [0.5, 0.6) is 0 Å². The fourth-order valence-corrected chi connectivity index (χ4v) is 2.01. The topological polar surface area (TPSA) is 102 Å². The second-order valence-electron chi connectivity index (χ2n) is 3.93. The van der Waals surface area contributed by atoms with Gasteiger partial charge in [-0.1, -0.05) is 18.8 Å². The normalized spacial score (nSPS) is 10.5. The van der Waals surface area contributed by atoms with Crippen LogP contribution in [0.15, 0.2) is 18.3 Å². The molecule has 0 aliphatic carbocycles. The van der Waals surface area contributed by atoms with Gasteiger partial charge in [0.15, 0.2) is 9.84 Å². The number of hydrogen-bond donors (Lipinski definition) is 2. The van der Waals surface area contributed by atoms with E-state index in [1.165, 1.54) is 12.3 Å². The molecule has 0 aromatic carbocycles. The average molecular weight is 295 g/mol. The lowest BCUT2D eigenvalue weighted by Crippen LogP contribution is -2.30. The maximum Gasteiger partial charge on any atom is 0.269 e. The molecule has 0 saturated carbocycles. The Kier molecular flexibility index (Phi) is 6.15.